The van der Waals surface area contributed by atoms with Crippen LogP contribution in [0.5, 0.6) is 0 Å². The number of hydrogen-bond donors (Lipinski definition) is 3. The van der Waals surface area contributed by atoms with E-state index in [0.29, 0.717) is 22.3 Å². The van der Waals surface area contributed by atoms with Gasteiger partial charge in [0.25, 0.3) is 5.91 Å². The maximum atomic E-state index is 14.2. The molecule has 4 rings (SSSR count). The summed E-state index contributed by atoms with van der Waals surface area (Å²) in [5.41, 5.74) is -1.11. The molecule has 2 heterocycles. The summed E-state index contributed by atoms with van der Waals surface area (Å²) in [7, 11) is -2.58. The largest absolute Gasteiger partial charge is 0.480 e. The summed E-state index contributed by atoms with van der Waals surface area (Å²) >= 11 is 11.9. The van der Waals surface area contributed by atoms with Crippen LogP contribution in [0.3, 0.4) is 0 Å². The normalized spacial score (nSPS) is 23.3. The topological polar surface area (TPSA) is 78.8 Å². The number of ether oxygens (including phenoxy) is 1. The fraction of sp³-hybridized carbons (Fsp3) is 0.318. The van der Waals surface area contributed by atoms with Crippen LogP contribution < -0.4 is 5.32 Å². The molecule has 0 spiro atoms. The fourth-order valence-corrected chi connectivity index (χ4v) is 5.93. The highest BCUT2D eigenvalue weighted by atomic mass is 35.5. The Morgan fingerprint density at radius 2 is 1.79 bits per heavy atom. The second-order valence-electron chi connectivity index (χ2n) is 8.26. The summed E-state index contributed by atoms with van der Waals surface area (Å²) in [6, 6.07) is 8.11. The van der Waals surface area contributed by atoms with Crippen molar-refractivity contribution < 1.29 is 31.8 Å². The molecule has 2 aromatic carbocycles. The SMILES string of the molecule is Cc1cc(C2=COC(c3cc(Cl)cc(Cl)c3)(C(F)(F)F)C2)ccc1C(=O)NC1CS(O)(O)C1. The Kier molecular flexibility index (Phi) is 6.16. The van der Waals surface area contributed by atoms with E-state index in [9.17, 15) is 27.1 Å². The van der Waals surface area contributed by atoms with Crippen LogP contribution in [-0.4, -0.2) is 38.7 Å². The van der Waals surface area contributed by atoms with Crippen molar-refractivity contribution >= 4 is 45.3 Å². The van der Waals surface area contributed by atoms with E-state index in [2.05, 4.69) is 5.32 Å². The highest BCUT2D eigenvalue weighted by Crippen LogP contribution is 2.53. The second-order valence-corrected chi connectivity index (χ2v) is 11.4. The van der Waals surface area contributed by atoms with Crippen LogP contribution >= 0.6 is 33.8 Å². The molecule has 2 aliphatic heterocycles. The van der Waals surface area contributed by atoms with Gasteiger partial charge in [0.1, 0.15) is 0 Å². The van der Waals surface area contributed by atoms with Crippen molar-refractivity contribution in [2.45, 2.75) is 31.2 Å². The molecule has 0 radical (unpaired) electrons. The van der Waals surface area contributed by atoms with Gasteiger partial charge < -0.3 is 10.1 Å². The molecule has 3 N–H and O–H groups in total. The number of carbonyl (C=O) groups excluding carboxylic acids is 1. The number of rotatable bonds is 4. The Morgan fingerprint density at radius 1 is 1.15 bits per heavy atom. The number of benzene rings is 2. The van der Waals surface area contributed by atoms with E-state index in [1.165, 1.54) is 24.3 Å². The predicted molar refractivity (Wildman–Crippen MR) is 123 cm³/mol. The van der Waals surface area contributed by atoms with Crippen LogP contribution in [0, 0.1) is 6.92 Å². The first-order chi connectivity index (χ1) is 15.3. The molecule has 1 fully saturated rings. The Hall–Kier alpha value is -1.91. The van der Waals surface area contributed by atoms with Crippen molar-refractivity contribution in [1.82, 2.24) is 5.32 Å². The lowest BCUT2D eigenvalue weighted by Gasteiger charge is -2.47. The van der Waals surface area contributed by atoms with Gasteiger partial charge in [-0.3, -0.25) is 13.9 Å². The van der Waals surface area contributed by atoms with Gasteiger partial charge in [0.15, 0.2) is 0 Å². The minimum absolute atomic E-state index is 0.0667. The van der Waals surface area contributed by atoms with E-state index in [0.717, 1.165) is 6.26 Å². The standard InChI is InChI=1S/C22H20Cl2F3NO4S/c1-12-4-13(2-3-19(12)20(29)28-18-10-33(30,31)11-18)14-8-21(32-9-14,22(25,26)27)15-5-16(23)7-17(24)6-15/h2-7,9,18,30-31H,8,10-11H2,1H3,(H,28,29). The van der Waals surface area contributed by atoms with E-state index < -0.39 is 28.8 Å². The van der Waals surface area contributed by atoms with Crippen LogP contribution in [0.4, 0.5) is 13.2 Å². The smallest absolute Gasteiger partial charge is 0.432 e. The van der Waals surface area contributed by atoms with Crippen LogP contribution in [0.15, 0.2) is 42.7 Å². The molecule has 1 amide bonds. The van der Waals surface area contributed by atoms with Crippen molar-refractivity contribution in [3.8, 4) is 0 Å². The van der Waals surface area contributed by atoms with Crippen molar-refractivity contribution in [3.05, 3.63) is 75.0 Å². The molecule has 0 bridgehead atoms. The van der Waals surface area contributed by atoms with Gasteiger partial charge in [-0.2, -0.15) is 23.8 Å². The lowest BCUT2D eigenvalue weighted by molar-refractivity contribution is -0.260. The highest BCUT2D eigenvalue weighted by molar-refractivity contribution is 8.25. The van der Waals surface area contributed by atoms with Crippen molar-refractivity contribution in [3.63, 3.8) is 0 Å². The lowest BCUT2D eigenvalue weighted by atomic mass is 9.85. The second kappa shape index (κ2) is 8.39. The monoisotopic (exact) mass is 521 g/mol. The molecule has 11 heteroatoms. The molecule has 0 aliphatic carbocycles. The van der Waals surface area contributed by atoms with E-state index in [1.807, 2.05) is 0 Å². The number of amides is 1. The van der Waals surface area contributed by atoms with Crippen LogP contribution in [0.2, 0.25) is 10.0 Å². The summed E-state index contributed by atoms with van der Waals surface area (Å²) in [6.07, 6.45) is -4.15. The molecule has 0 saturated carbocycles. The van der Waals surface area contributed by atoms with Gasteiger partial charge in [-0.15, -0.1) is 0 Å². The van der Waals surface area contributed by atoms with Gasteiger partial charge in [-0.05, 0) is 47.9 Å². The molecular formula is C22H20Cl2F3NO4S. The van der Waals surface area contributed by atoms with Crippen molar-refractivity contribution in [2.75, 3.05) is 11.5 Å². The Morgan fingerprint density at radius 3 is 2.33 bits per heavy atom. The third-order valence-corrected chi connectivity index (χ3v) is 8.05. The maximum absolute atomic E-state index is 14.2. The summed E-state index contributed by atoms with van der Waals surface area (Å²) in [5, 5.41) is 2.87. The zero-order valence-corrected chi connectivity index (χ0v) is 19.6. The van der Waals surface area contributed by atoms with E-state index >= 15 is 0 Å². The third-order valence-electron chi connectivity index (χ3n) is 5.74. The molecule has 2 aliphatic rings. The van der Waals surface area contributed by atoms with Gasteiger partial charge in [0.2, 0.25) is 5.60 Å². The number of alkyl halides is 3. The number of carbonyl (C=O) groups is 1. The van der Waals surface area contributed by atoms with Gasteiger partial charge in [-0.1, -0.05) is 35.3 Å². The average molecular weight is 522 g/mol. The quantitative estimate of drug-likeness (QED) is 0.435. The van der Waals surface area contributed by atoms with E-state index in [-0.39, 0.29) is 39.1 Å². The molecule has 0 aromatic heterocycles. The van der Waals surface area contributed by atoms with Gasteiger partial charge in [-0.25, -0.2) is 0 Å². The third kappa shape index (κ3) is 4.70. The average Bonchev–Trinajstić information content (AvgIpc) is 3.12. The molecule has 1 unspecified atom stereocenters. The molecule has 1 atom stereocenters. The molecule has 2 aromatic rings. The van der Waals surface area contributed by atoms with Gasteiger partial charge in [0.05, 0.1) is 23.8 Å². The maximum Gasteiger partial charge on any atom is 0.432 e. The molecule has 33 heavy (non-hydrogen) atoms. The summed E-state index contributed by atoms with van der Waals surface area (Å²) in [6.45, 7) is 1.68. The van der Waals surface area contributed by atoms with Crippen LogP contribution in [0.1, 0.15) is 33.5 Å². The highest BCUT2D eigenvalue weighted by Gasteiger charge is 2.60. The number of aryl methyl sites for hydroxylation is 1. The Labute approximate surface area is 199 Å². The van der Waals surface area contributed by atoms with E-state index in [1.54, 1.807) is 19.1 Å². The van der Waals surface area contributed by atoms with E-state index in [4.69, 9.17) is 27.9 Å². The first-order valence-electron chi connectivity index (χ1n) is 9.85. The molecular weight excluding hydrogens is 502 g/mol. The first-order valence-corrected chi connectivity index (χ1v) is 12.5. The summed E-state index contributed by atoms with van der Waals surface area (Å²) < 4.78 is 66.7. The van der Waals surface area contributed by atoms with Crippen molar-refractivity contribution in [1.29, 1.82) is 0 Å². The number of hydrogen-bond acceptors (Lipinski definition) is 4. The number of halogens is 5. The van der Waals surface area contributed by atoms with Crippen LogP contribution in [-0.2, 0) is 10.3 Å². The van der Waals surface area contributed by atoms with Gasteiger partial charge >= 0.3 is 6.18 Å². The minimum Gasteiger partial charge on any atom is -0.480 e. The Bertz CT molecular complexity index is 1130. The zero-order valence-electron chi connectivity index (χ0n) is 17.2. The summed E-state index contributed by atoms with van der Waals surface area (Å²) in [5.74, 6) is -0.144. The lowest BCUT2D eigenvalue weighted by Crippen LogP contribution is -2.50. The number of nitrogens with one attached hydrogen (secondary N) is 1. The molecule has 178 valence electrons. The first kappa shape index (κ1) is 24.2. The fourth-order valence-electron chi connectivity index (χ4n) is 4.04. The van der Waals surface area contributed by atoms with Crippen molar-refractivity contribution in [2.24, 2.45) is 0 Å². The minimum atomic E-state index is -4.74. The molecule has 5 nitrogen and oxygen atoms in total. The zero-order chi connectivity index (χ0) is 24.2. The molecule has 1 saturated heterocycles. The Balaban J connectivity index is 1.56. The predicted octanol–water partition coefficient (Wildman–Crippen LogP) is 6.38. The van der Waals surface area contributed by atoms with Crippen LogP contribution in [0.25, 0.3) is 5.57 Å². The van der Waals surface area contributed by atoms with Gasteiger partial charge in [0, 0.05) is 27.6 Å². The summed E-state index contributed by atoms with van der Waals surface area (Å²) in [4.78, 5) is 12.5.